The van der Waals surface area contributed by atoms with E-state index in [1.165, 1.54) is 5.56 Å². The monoisotopic (exact) mass is 243 g/mol. The number of aromatic nitrogens is 1. The normalized spacial score (nSPS) is 10.3. The maximum Gasteiger partial charge on any atom is 0.147 e. The van der Waals surface area contributed by atoms with Gasteiger partial charge in [-0.25, -0.2) is 4.98 Å². The maximum absolute atomic E-state index is 5.82. The molecular weight excluding hydrogens is 226 g/mol. The fourth-order valence-electron chi connectivity index (χ4n) is 1.74. The topological polar surface area (TPSA) is 60.2 Å². The molecule has 2 aromatic rings. The summed E-state index contributed by atoms with van der Waals surface area (Å²) in [5.74, 6) is 0.499. The van der Waals surface area contributed by atoms with Gasteiger partial charge in [-0.3, -0.25) is 0 Å². The lowest BCUT2D eigenvalue weighted by atomic mass is 10.1. The first kappa shape index (κ1) is 12.4. The van der Waals surface area contributed by atoms with E-state index in [1.54, 1.807) is 13.3 Å². The molecule has 0 aliphatic heterocycles. The van der Waals surface area contributed by atoms with Gasteiger partial charge in [-0.2, -0.15) is 0 Å². The number of pyridine rings is 1. The van der Waals surface area contributed by atoms with Crippen molar-refractivity contribution in [2.24, 2.45) is 0 Å². The highest BCUT2D eigenvalue weighted by molar-refractivity contribution is 5.71. The van der Waals surface area contributed by atoms with Crippen LogP contribution < -0.4 is 11.1 Å². The van der Waals surface area contributed by atoms with Gasteiger partial charge in [-0.05, 0) is 30.2 Å². The van der Waals surface area contributed by atoms with Gasteiger partial charge in [0.1, 0.15) is 5.82 Å². The van der Waals surface area contributed by atoms with Crippen molar-refractivity contribution in [1.82, 2.24) is 4.98 Å². The van der Waals surface area contributed by atoms with Crippen LogP contribution in [0.15, 0.2) is 42.6 Å². The Kier molecular flexibility index (Phi) is 4.15. The zero-order valence-corrected chi connectivity index (χ0v) is 10.4. The average molecular weight is 243 g/mol. The Morgan fingerprint density at radius 3 is 2.72 bits per heavy atom. The molecule has 0 atom stereocenters. The zero-order chi connectivity index (χ0) is 12.8. The number of hydrogen-bond acceptors (Lipinski definition) is 4. The lowest BCUT2D eigenvalue weighted by Gasteiger charge is -2.12. The fourth-order valence-corrected chi connectivity index (χ4v) is 1.74. The molecule has 3 N–H and O–H groups in total. The summed E-state index contributed by atoms with van der Waals surface area (Å²) in [6.07, 6.45) is 2.54. The lowest BCUT2D eigenvalue weighted by molar-refractivity contribution is 0.202. The van der Waals surface area contributed by atoms with E-state index in [4.69, 9.17) is 10.5 Å². The number of nitrogens with one attached hydrogen (secondary N) is 1. The van der Waals surface area contributed by atoms with Gasteiger partial charge in [0.15, 0.2) is 0 Å². The van der Waals surface area contributed by atoms with Gasteiger partial charge in [0.05, 0.1) is 12.3 Å². The third kappa shape index (κ3) is 2.99. The highest BCUT2D eigenvalue weighted by Crippen LogP contribution is 2.24. The van der Waals surface area contributed by atoms with Crippen molar-refractivity contribution in [3.63, 3.8) is 0 Å². The Bertz CT molecular complexity index is 514. The first-order chi connectivity index (χ1) is 8.81. The highest BCUT2D eigenvalue weighted by atomic mass is 16.5. The molecule has 0 saturated carbocycles. The molecule has 0 aliphatic rings. The molecule has 0 saturated heterocycles. The number of nitrogens with two attached hydrogens (primary N) is 1. The van der Waals surface area contributed by atoms with Crippen LogP contribution in [0.5, 0.6) is 0 Å². The SMILES string of the molecule is COCCc1ccccc1Nc1cccnc1N. The highest BCUT2D eigenvalue weighted by Gasteiger charge is 2.04. The molecule has 0 fully saturated rings. The quantitative estimate of drug-likeness (QED) is 0.847. The molecule has 94 valence electrons. The Morgan fingerprint density at radius 2 is 1.94 bits per heavy atom. The number of nitrogen functional groups attached to an aromatic ring is 1. The van der Waals surface area contributed by atoms with Crippen molar-refractivity contribution < 1.29 is 4.74 Å². The van der Waals surface area contributed by atoms with E-state index in [9.17, 15) is 0 Å². The van der Waals surface area contributed by atoms with Crippen molar-refractivity contribution in [2.45, 2.75) is 6.42 Å². The van der Waals surface area contributed by atoms with Gasteiger partial charge in [0.2, 0.25) is 0 Å². The summed E-state index contributed by atoms with van der Waals surface area (Å²) in [5.41, 5.74) is 8.88. The van der Waals surface area contributed by atoms with Crippen molar-refractivity contribution in [2.75, 3.05) is 24.8 Å². The van der Waals surface area contributed by atoms with Crippen LogP contribution in [0.25, 0.3) is 0 Å². The van der Waals surface area contributed by atoms with Crippen LogP contribution >= 0.6 is 0 Å². The summed E-state index contributed by atoms with van der Waals surface area (Å²) in [5, 5.41) is 3.31. The van der Waals surface area contributed by atoms with E-state index < -0.39 is 0 Å². The summed E-state index contributed by atoms with van der Waals surface area (Å²) in [7, 11) is 1.70. The lowest BCUT2D eigenvalue weighted by Crippen LogP contribution is -2.02. The molecule has 2 rings (SSSR count). The van der Waals surface area contributed by atoms with Crippen LogP contribution in [0.1, 0.15) is 5.56 Å². The average Bonchev–Trinajstić information content (AvgIpc) is 2.40. The minimum absolute atomic E-state index is 0.499. The largest absolute Gasteiger partial charge is 0.384 e. The summed E-state index contributed by atoms with van der Waals surface area (Å²) in [6, 6.07) is 11.9. The van der Waals surface area contributed by atoms with E-state index in [0.717, 1.165) is 17.8 Å². The Labute approximate surface area is 107 Å². The molecule has 0 spiro atoms. The molecule has 0 aliphatic carbocycles. The predicted molar refractivity (Wildman–Crippen MR) is 74.0 cm³/mol. The molecule has 0 radical (unpaired) electrons. The van der Waals surface area contributed by atoms with E-state index >= 15 is 0 Å². The minimum Gasteiger partial charge on any atom is -0.384 e. The Balaban J connectivity index is 2.21. The van der Waals surface area contributed by atoms with Gasteiger partial charge in [0, 0.05) is 19.0 Å². The number of methoxy groups -OCH3 is 1. The van der Waals surface area contributed by atoms with Crippen LogP contribution in [-0.4, -0.2) is 18.7 Å². The van der Waals surface area contributed by atoms with E-state index in [-0.39, 0.29) is 0 Å². The molecule has 1 aromatic heterocycles. The van der Waals surface area contributed by atoms with Gasteiger partial charge >= 0.3 is 0 Å². The van der Waals surface area contributed by atoms with Gasteiger partial charge in [-0.1, -0.05) is 18.2 Å². The van der Waals surface area contributed by atoms with E-state index in [0.29, 0.717) is 12.4 Å². The number of ether oxygens (including phenoxy) is 1. The van der Waals surface area contributed by atoms with Gasteiger partial charge < -0.3 is 15.8 Å². The molecule has 0 unspecified atom stereocenters. The molecule has 1 aromatic carbocycles. The van der Waals surface area contributed by atoms with Gasteiger partial charge in [0.25, 0.3) is 0 Å². The minimum atomic E-state index is 0.499. The third-order valence-corrected chi connectivity index (χ3v) is 2.70. The fraction of sp³-hybridized carbons (Fsp3) is 0.214. The molecule has 4 nitrogen and oxygen atoms in total. The summed E-state index contributed by atoms with van der Waals surface area (Å²) in [6.45, 7) is 0.696. The van der Waals surface area contributed by atoms with Crippen LogP contribution in [0.2, 0.25) is 0 Å². The predicted octanol–water partition coefficient (Wildman–Crippen LogP) is 2.60. The smallest absolute Gasteiger partial charge is 0.147 e. The maximum atomic E-state index is 5.82. The van der Waals surface area contributed by atoms with Crippen LogP contribution in [0.4, 0.5) is 17.2 Å². The molecule has 18 heavy (non-hydrogen) atoms. The second-order valence-electron chi connectivity index (χ2n) is 3.96. The molecule has 4 heteroatoms. The Hall–Kier alpha value is -2.07. The molecular formula is C14H17N3O. The van der Waals surface area contributed by atoms with E-state index in [1.807, 2.05) is 30.3 Å². The second kappa shape index (κ2) is 6.02. The summed E-state index contributed by atoms with van der Waals surface area (Å²) >= 11 is 0. The van der Waals surface area contributed by atoms with Crippen molar-refractivity contribution in [1.29, 1.82) is 0 Å². The van der Waals surface area contributed by atoms with Crippen molar-refractivity contribution in [3.05, 3.63) is 48.2 Å². The number of anilines is 3. The van der Waals surface area contributed by atoms with Crippen LogP contribution in [0.3, 0.4) is 0 Å². The summed E-state index contributed by atoms with van der Waals surface area (Å²) < 4.78 is 5.11. The first-order valence-electron chi connectivity index (χ1n) is 5.85. The van der Waals surface area contributed by atoms with Crippen molar-refractivity contribution >= 4 is 17.2 Å². The molecule has 0 bridgehead atoms. The second-order valence-corrected chi connectivity index (χ2v) is 3.96. The summed E-state index contributed by atoms with van der Waals surface area (Å²) in [4.78, 5) is 4.06. The number of para-hydroxylation sites is 1. The third-order valence-electron chi connectivity index (χ3n) is 2.70. The standard InChI is InChI=1S/C14H17N3O/c1-18-10-8-11-5-2-3-6-12(11)17-13-7-4-9-16-14(13)15/h2-7,9,17H,8,10H2,1H3,(H2,15,16). The first-order valence-corrected chi connectivity index (χ1v) is 5.85. The van der Waals surface area contributed by atoms with Crippen LogP contribution in [-0.2, 0) is 11.2 Å². The van der Waals surface area contributed by atoms with Crippen molar-refractivity contribution in [3.8, 4) is 0 Å². The zero-order valence-electron chi connectivity index (χ0n) is 10.4. The number of nitrogens with zero attached hydrogens (tertiary/aromatic N) is 1. The molecule has 1 heterocycles. The number of benzene rings is 1. The van der Waals surface area contributed by atoms with E-state index in [2.05, 4.69) is 16.4 Å². The number of hydrogen-bond donors (Lipinski definition) is 2. The Morgan fingerprint density at radius 1 is 1.17 bits per heavy atom. The number of rotatable bonds is 5. The molecule has 0 amide bonds. The van der Waals surface area contributed by atoms with Crippen LogP contribution in [0, 0.1) is 0 Å². The van der Waals surface area contributed by atoms with Gasteiger partial charge in [-0.15, -0.1) is 0 Å².